The molecule has 3 aromatic rings. The summed E-state index contributed by atoms with van der Waals surface area (Å²) in [6, 6.07) is 22.1. The van der Waals surface area contributed by atoms with Crippen LogP contribution in [0, 0.1) is 0 Å². The maximum atomic E-state index is 13.6. The lowest BCUT2D eigenvalue weighted by molar-refractivity contribution is -0.140. The number of carbonyl (C=O) groups excluding carboxylic acids is 2. The van der Waals surface area contributed by atoms with Crippen molar-refractivity contribution in [3.05, 3.63) is 83.4 Å². The van der Waals surface area contributed by atoms with Gasteiger partial charge in [-0.3, -0.25) is 0 Å². The number of nitrogens with one attached hydrogen (secondary N) is 2. The fraction of sp³-hybridized carbons (Fsp3) is 0.471. The van der Waals surface area contributed by atoms with Gasteiger partial charge < -0.3 is 29.7 Å². The van der Waals surface area contributed by atoms with Crippen LogP contribution in [0.25, 0.3) is 10.8 Å². The van der Waals surface area contributed by atoms with E-state index >= 15 is 0 Å². The molecule has 0 aromatic heterocycles. The van der Waals surface area contributed by atoms with E-state index < -0.39 is 18.0 Å². The Morgan fingerprint density at radius 1 is 0.881 bits per heavy atom. The molecule has 1 atom stereocenters. The molecular formula is C34H47N3O5. The van der Waals surface area contributed by atoms with Crippen LogP contribution in [0.4, 0.5) is 9.59 Å². The summed E-state index contributed by atoms with van der Waals surface area (Å²) in [6.07, 6.45) is 0.595. The molecule has 0 heterocycles. The summed E-state index contributed by atoms with van der Waals surface area (Å²) in [4.78, 5) is 27.4. The lowest BCUT2D eigenvalue weighted by atomic mass is 10.00. The maximum absolute atomic E-state index is 13.6. The fourth-order valence-corrected chi connectivity index (χ4v) is 4.71. The van der Waals surface area contributed by atoms with Crippen LogP contribution in [0.1, 0.15) is 83.4 Å². The summed E-state index contributed by atoms with van der Waals surface area (Å²) in [5.74, 6) is 0. The Morgan fingerprint density at radius 3 is 2.21 bits per heavy atom. The smallest absolute Gasteiger partial charge is 0.407 e. The molecule has 8 heteroatoms. The standard InChI is InChI=1S/C34H47N3O5/c1-7-40-31(41-8-2)28-20-18-26(19-21-28)24-37(23-12-11-22-35-33(39)42-34(4,5)6)32(38)36-25(3)29-17-13-15-27-14-9-10-16-30(27)29/h9-10,13-21,25,31H,7-8,11-12,22-24H2,1-6H3,(H,35,39)(H,36,38). The van der Waals surface area contributed by atoms with Gasteiger partial charge in [0.05, 0.1) is 6.04 Å². The summed E-state index contributed by atoms with van der Waals surface area (Å²) in [7, 11) is 0. The monoisotopic (exact) mass is 577 g/mol. The first-order chi connectivity index (χ1) is 20.1. The Hall–Kier alpha value is -3.62. The van der Waals surface area contributed by atoms with Gasteiger partial charge in [-0.25, -0.2) is 9.59 Å². The topological polar surface area (TPSA) is 89.1 Å². The van der Waals surface area contributed by atoms with Crippen LogP contribution in [-0.4, -0.2) is 48.9 Å². The van der Waals surface area contributed by atoms with Gasteiger partial charge in [-0.15, -0.1) is 0 Å². The van der Waals surface area contributed by atoms with Gasteiger partial charge in [-0.2, -0.15) is 0 Å². The number of hydrogen-bond donors (Lipinski definition) is 2. The summed E-state index contributed by atoms with van der Waals surface area (Å²) >= 11 is 0. The molecule has 0 saturated heterocycles. The number of unbranched alkanes of at least 4 members (excludes halogenated alkanes) is 1. The number of nitrogens with zero attached hydrogens (tertiary/aromatic N) is 1. The lowest BCUT2D eigenvalue weighted by Gasteiger charge is -2.26. The third-order valence-electron chi connectivity index (χ3n) is 6.70. The largest absolute Gasteiger partial charge is 0.444 e. The highest BCUT2D eigenvalue weighted by molar-refractivity contribution is 5.86. The molecule has 0 aliphatic carbocycles. The second-order valence-electron chi connectivity index (χ2n) is 11.3. The first kappa shape index (κ1) is 32.9. The molecule has 0 aliphatic rings. The maximum Gasteiger partial charge on any atom is 0.407 e. The number of urea groups is 1. The average Bonchev–Trinajstić information content (AvgIpc) is 2.95. The van der Waals surface area contributed by atoms with E-state index in [0.717, 1.165) is 33.9 Å². The molecule has 42 heavy (non-hydrogen) atoms. The van der Waals surface area contributed by atoms with E-state index in [0.29, 0.717) is 39.3 Å². The minimum atomic E-state index is -0.541. The first-order valence-electron chi connectivity index (χ1n) is 14.9. The second-order valence-corrected chi connectivity index (χ2v) is 11.3. The van der Waals surface area contributed by atoms with Crippen molar-refractivity contribution in [3.8, 4) is 0 Å². The molecule has 0 spiro atoms. The SMILES string of the molecule is CCOC(OCC)c1ccc(CN(CCCCNC(=O)OC(C)(C)C)C(=O)NC(C)c2cccc3ccccc23)cc1. The number of fused-ring (bicyclic) bond motifs is 1. The molecule has 0 saturated carbocycles. The van der Waals surface area contributed by atoms with Gasteiger partial charge in [0.25, 0.3) is 0 Å². The summed E-state index contributed by atoms with van der Waals surface area (Å²) in [5.41, 5.74) is 2.48. The normalized spacial score (nSPS) is 12.3. The highest BCUT2D eigenvalue weighted by Crippen LogP contribution is 2.25. The Kier molecular flexibility index (Phi) is 12.6. The molecule has 0 bridgehead atoms. The van der Waals surface area contributed by atoms with Crippen LogP contribution in [0.15, 0.2) is 66.7 Å². The van der Waals surface area contributed by atoms with E-state index in [-0.39, 0.29) is 12.1 Å². The summed E-state index contributed by atoms with van der Waals surface area (Å²) in [5, 5.41) is 8.28. The van der Waals surface area contributed by atoms with Crippen molar-refractivity contribution in [1.29, 1.82) is 0 Å². The quantitative estimate of drug-likeness (QED) is 0.153. The van der Waals surface area contributed by atoms with Gasteiger partial charge >= 0.3 is 12.1 Å². The zero-order valence-electron chi connectivity index (χ0n) is 25.9. The highest BCUT2D eigenvalue weighted by atomic mass is 16.7. The summed E-state index contributed by atoms with van der Waals surface area (Å²) < 4.78 is 16.8. The second kappa shape index (κ2) is 16.1. The zero-order chi connectivity index (χ0) is 30.5. The van der Waals surface area contributed by atoms with Crippen molar-refractivity contribution in [2.24, 2.45) is 0 Å². The number of benzene rings is 3. The average molecular weight is 578 g/mol. The van der Waals surface area contributed by atoms with E-state index in [4.69, 9.17) is 14.2 Å². The van der Waals surface area contributed by atoms with Gasteiger partial charge in [-0.1, -0.05) is 66.7 Å². The molecule has 0 fully saturated rings. The number of amides is 3. The number of ether oxygens (including phenoxy) is 3. The number of rotatable bonds is 14. The molecule has 1 unspecified atom stereocenters. The Labute approximate surface area is 250 Å². The third kappa shape index (κ3) is 10.3. The van der Waals surface area contributed by atoms with Crippen molar-refractivity contribution in [1.82, 2.24) is 15.5 Å². The van der Waals surface area contributed by atoms with Crippen molar-refractivity contribution in [2.75, 3.05) is 26.3 Å². The minimum absolute atomic E-state index is 0.138. The van der Waals surface area contributed by atoms with Crippen LogP contribution in [0.2, 0.25) is 0 Å². The Morgan fingerprint density at radius 2 is 1.55 bits per heavy atom. The molecule has 3 rings (SSSR count). The van der Waals surface area contributed by atoms with Gasteiger partial charge in [-0.05, 0) is 76.3 Å². The van der Waals surface area contributed by atoms with Crippen LogP contribution < -0.4 is 10.6 Å². The predicted octanol–water partition coefficient (Wildman–Crippen LogP) is 7.49. The van der Waals surface area contributed by atoms with Crippen molar-refractivity contribution < 1.29 is 23.8 Å². The number of carbonyl (C=O) groups is 2. The predicted molar refractivity (Wildman–Crippen MR) is 167 cm³/mol. The van der Waals surface area contributed by atoms with Crippen LogP contribution in [-0.2, 0) is 20.8 Å². The lowest BCUT2D eigenvalue weighted by Crippen LogP contribution is -2.41. The molecular weight excluding hydrogens is 530 g/mol. The van der Waals surface area contributed by atoms with Gasteiger partial charge in [0, 0.05) is 38.4 Å². The molecule has 228 valence electrons. The van der Waals surface area contributed by atoms with E-state index in [1.165, 1.54) is 0 Å². The van der Waals surface area contributed by atoms with Gasteiger partial charge in [0.2, 0.25) is 0 Å². The number of alkyl carbamates (subject to hydrolysis) is 1. The van der Waals surface area contributed by atoms with E-state index in [1.54, 1.807) is 0 Å². The Bertz CT molecular complexity index is 1260. The van der Waals surface area contributed by atoms with Gasteiger partial charge in [0.1, 0.15) is 5.60 Å². The number of hydrogen-bond acceptors (Lipinski definition) is 5. The highest BCUT2D eigenvalue weighted by Gasteiger charge is 2.20. The van der Waals surface area contributed by atoms with E-state index in [2.05, 4.69) is 34.9 Å². The summed E-state index contributed by atoms with van der Waals surface area (Å²) in [6.45, 7) is 14.0. The first-order valence-corrected chi connectivity index (χ1v) is 14.9. The molecule has 2 N–H and O–H groups in total. The van der Waals surface area contributed by atoms with Gasteiger partial charge in [0.15, 0.2) is 6.29 Å². The molecule has 0 aliphatic heterocycles. The van der Waals surface area contributed by atoms with Crippen molar-refractivity contribution in [3.63, 3.8) is 0 Å². The van der Waals surface area contributed by atoms with Crippen molar-refractivity contribution in [2.45, 2.75) is 78.9 Å². The van der Waals surface area contributed by atoms with E-state index in [1.807, 2.05) is 88.9 Å². The van der Waals surface area contributed by atoms with Crippen LogP contribution in [0.3, 0.4) is 0 Å². The molecule has 8 nitrogen and oxygen atoms in total. The molecule has 3 amide bonds. The van der Waals surface area contributed by atoms with Crippen LogP contribution in [0.5, 0.6) is 0 Å². The van der Waals surface area contributed by atoms with Crippen molar-refractivity contribution >= 4 is 22.9 Å². The van der Waals surface area contributed by atoms with E-state index in [9.17, 15) is 9.59 Å². The molecule has 3 aromatic carbocycles. The third-order valence-corrected chi connectivity index (χ3v) is 6.70. The zero-order valence-corrected chi connectivity index (χ0v) is 25.9. The fourth-order valence-electron chi connectivity index (χ4n) is 4.71. The molecule has 0 radical (unpaired) electrons. The Balaban J connectivity index is 1.68. The van der Waals surface area contributed by atoms with Crippen LogP contribution >= 0.6 is 0 Å². The minimum Gasteiger partial charge on any atom is -0.444 e.